The number of nitrogens with zero attached hydrogens (tertiary/aromatic N) is 1. The molecule has 0 amide bonds. The monoisotopic (exact) mass is 203 g/mol. The van der Waals surface area contributed by atoms with E-state index in [0.29, 0.717) is 0 Å². The maximum absolute atomic E-state index is 10.8. The molecule has 1 aromatic carbocycles. The third-order valence-corrected chi connectivity index (χ3v) is 1.81. The van der Waals surface area contributed by atoms with Crippen LogP contribution in [-0.4, -0.2) is 18.2 Å². The summed E-state index contributed by atoms with van der Waals surface area (Å²) in [5.74, 6) is -0.759. The van der Waals surface area contributed by atoms with Crippen molar-refractivity contribution in [2.24, 2.45) is 0 Å². The summed E-state index contributed by atoms with van der Waals surface area (Å²) in [6.07, 6.45) is 2.89. The van der Waals surface area contributed by atoms with Gasteiger partial charge in [-0.15, -0.1) is 0 Å². The molecule has 0 aliphatic heterocycles. The van der Waals surface area contributed by atoms with Crippen LogP contribution in [0.5, 0.6) is 5.75 Å². The van der Waals surface area contributed by atoms with Gasteiger partial charge in [-0.1, -0.05) is 6.07 Å². The van der Waals surface area contributed by atoms with E-state index in [2.05, 4.69) is 0 Å². The first-order chi connectivity index (χ1) is 7.19. The van der Waals surface area contributed by atoms with Gasteiger partial charge in [0.1, 0.15) is 11.3 Å². The van der Waals surface area contributed by atoms with Gasteiger partial charge in [-0.25, -0.2) is 4.79 Å². The fraction of sp³-hybridized carbons (Fsp3) is 0.0909. The van der Waals surface area contributed by atoms with Crippen molar-refractivity contribution in [1.82, 2.24) is 0 Å². The standard InChI is InChI=1S/C11H9NO3/c1-15-10-7-8(3-2-6-12)4-5-9(10)11(13)14/h2-5,7H,1H3,(H,13,14). The lowest BCUT2D eigenvalue weighted by Crippen LogP contribution is -2.00. The Labute approximate surface area is 87.0 Å². The Bertz CT molecular complexity index is 444. The van der Waals surface area contributed by atoms with Crippen molar-refractivity contribution in [3.63, 3.8) is 0 Å². The number of hydrogen-bond donors (Lipinski definition) is 1. The van der Waals surface area contributed by atoms with Gasteiger partial charge in [-0.05, 0) is 23.8 Å². The van der Waals surface area contributed by atoms with Crippen LogP contribution in [0, 0.1) is 11.3 Å². The van der Waals surface area contributed by atoms with Gasteiger partial charge in [0.05, 0.1) is 13.2 Å². The number of carboxylic acid groups (broad SMARTS) is 1. The Kier molecular flexibility index (Phi) is 3.47. The first kappa shape index (κ1) is 10.8. The third-order valence-electron chi connectivity index (χ3n) is 1.81. The average molecular weight is 203 g/mol. The molecule has 4 heteroatoms. The second-order valence-corrected chi connectivity index (χ2v) is 2.73. The highest BCUT2D eigenvalue weighted by molar-refractivity contribution is 5.91. The summed E-state index contributed by atoms with van der Waals surface area (Å²) in [4.78, 5) is 10.8. The zero-order valence-electron chi connectivity index (χ0n) is 8.10. The summed E-state index contributed by atoms with van der Waals surface area (Å²) in [6.45, 7) is 0. The maximum Gasteiger partial charge on any atom is 0.339 e. The largest absolute Gasteiger partial charge is 0.496 e. The molecular weight excluding hydrogens is 194 g/mol. The van der Waals surface area contributed by atoms with Crippen molar-refractivity contribution in [3.8, 4) is 11.8 Å². The van der Waals surface area contributed by atoms with E-state index >= 15 is 0 Å². The van der Waals surface area contributed by atoms with E-state index in [1.165, 1.54) is 19.3 Å². The van der Waals surface area contributed by atoms with Crippen LogP contribution in [0.2, 0.25) is 0 Å². The van der Waals surface area contributed by atoms with E-state index in [4.69, 9.17) is 15.1 Å². The fourth-order valence-electron chi connectivity index (χ4n) is 1.12. The second kappa shape index (κ2) is 4.82. The first-order valence-corrected chi connectivity index (χ1v) is 4.16. The summed E-state index contributed by atoms with van der Waals surface area (Å²) in [7, 11) is 1.40. The van der Waals surface area contributed by atoms with Crippen molar-refractivity contribution < 1.29 is 14.6 Å². The Morgan fingerprint density at radius 3 is 2.87 bits per heavy atom. The smallest absolute Gasteiger partial charge is 0.339 e. The van der Waals surface area contributed by atoms with Gasteiger partial charge in [-0.3, -0.25) is 0 Å². The average Bonchev–Trinajstić information content (AvgIpc) is 2.25. The number of allylic oxidation sites excluding steroid dienone is 1. The summed E-state index contributed by atoms with van der Waals surface area (Å²) in [6, 6.07) is 6.47. The van der Waals surface area contributed by atoms with Crippen LogP contribution in [0.4, 0.5) is 0 Å². The van der Waals surface area contributed by atoms with Crippen LogP contribution >= 0.6 is 0 Å². The molecule has 1 aromatic rings. The van der Waals surface area contributed by atoms with Crippen LogP contribution in [-0.2, 0) is 0 Å². The Morgan fingerprint density at radius 2 is 2.33 bits per heavy atom. The Morgan fingerprint density at radius 1 is 1.60 bits per heavy atom. The minimum Gasteiger partial charge on any atom is -0.496 e. The predicted molar refractivity (Wildman–Crippen MR) is 54.6 cm³/mol. The number of hydrogen-bond acceptors (Lipinski definition) is 3. The Hall–Kier alpha value is -2.28. The Balaban J connectivity index is 3.14. The van der Waals surface area contributed by atoms with E-state index in [-0.39, 0.29) is 11.3 Å². The fourth-order valence-corrected chi connectivity index (χ4v) is 1.12. The van der Waals surface area contributed by atoms with Gasteiger partial charge in [0.15, 0.2) is 0 Å². The van der Waals surface area contributed by atoms with Crippen LogP contribution in [0.1, 0.15) is 15.9 Å². The minimum absolute atomic E-state index is 0.103. The van der Waals surface area contributed by atoms with Crippen molar-refractivity contribution in [2.75, 3.05) is 7.11 Å². The lowest BCUT2D eigenvalue weighted by molar-refractivity contribution is 0.0693. The maximum atomic E-state index is 10.8. The summed E-state index contributed by atoms with van der Waals surface area (Å²) in [5, 5.41) is 17.1. The number of benzene rings is 1. The van der Waals surface area contributed by atoms with E-state index in [0.717, 1.165) is 5.56 Å². The molecule has 76 valence electrons. The van der Waals surface area contributed by atoms with Gasteiger partial charge in [0, 0.05) is 6.08 Å². The molecule has 0 fully saturated rings. The lowest BCUT2D eigenvalue weighted by atomic mass is 10.1. The minimum atomic E-state index is -1.04. The molecule has 0 aromatic heterocycles. The molecule has 4 nitrogen and oxygen atoms in total. The number of carbonyl (C=O) groups is 1. The van der Waals surface area contributed by atoms with E-state index in [1.54, 1.807) is 18.2 Å². The van der Waals surface area contributed by atoms with E-state index in [1.807, 2.05) is 6.07 Å². The SMILES string of the molecule is COc1cc(C=CC#N)ccc1C(=O)O. The predicted octanol–water partition coefficient (Wildman–Crippen LogP) is 1.93. The highest BCUT2D eigenvalue weighted by Crippen LogP contribution is 2.20. The molecule has 0 spiro atoms. The van der Waals surface area contributed by atoms with E-state index in [9.17, 15) is 4.79 Å². The summed E-state index contributed by atoms with van der Waals surface area (Å²) in [5.41, 5.74) is 0.824. The van der Waals surface area contributed by atoms with Gasteiger partial charge in [0.2, 0.25) is 0 Å². The van der Waals surface area contributed by atoms with Crippen LogP contribution < -0.4 is 4.74 Å². The molecule has 1 rings (SSSR count). The molecule has 15 heavy (non-hydrogen) atoms. The number of nitriles is 1. The summed E-state index contributed by atoms with van der Waals surface area (Å²) >= 11 is 0. The number of ether oxygens (including phenoxy) is 1. The number of rotatable bonds is 3. The van der Waals surface area contributed by atoms with Crippen molar-refractivity contribution in [2.45, 2.75) is 0 Å². The van der Waals surface area contributed by atoms with Crippen molar-refractivity contribution in [3.05, 3.63) is 35.4 Å². The summed E-state index contributed by atoms with van der Waals surface area (Å²) < 4.78 is 4.93. The van der Waals surface area contributed by atoms with Gasteiger partial charge >= 0.3 is 5.97 Å². The third kappa shape index (κ3) is 2.58. The van der Waals surface area contributed by atoms with Crippen molar-refractivity contribution >= 4 is 12.0 Å². The highest BCUT2D eigenvalue weighted by atomic mass is 16.5. The molecule has 0 bridgehead atoms. The van der Waals surface area contributed by atoms with Crippen LogP contribution in [0.3, 0.4) is 0 Å². The molecular formula is C11H9NO3. The van der Waals surface area contributed by atoms with Gasteiger partial charge in [-0.2, -0.15) is 5.26 Å². The molecule has 0 radical (unpaired) electrons. The molecule has 0 aliphatic carbocycles. The molecule has 0 unspecified atom stereocenters. The molecule has 0 heterocycles. The van der Waals surface area contributed by atoms with Gasteiger partial charge < -0.3 is 9.84 Å². The normalized spacial score (nSPS) is 9.87. The lowest BCUT2D eigenvalue weighted by Gasteiger charge is -2.05. The van der Waals surface area contributed by atoms with Crippen molar-refractivity contribution in [1.29, 1.82) is 5.26 Å². The molecule has 0 atom stereocenters. The topological polar surface area (TPSA) is 70.3 Å². The van der Waals surface area contributed by atoms with Gasteiger partial charge in [0.25, 0.3) is 0 Å². The highest BCUT2D eigenvalue weighted by Gasteiger charge is 2.09. The number of carboxylic acids is 1. The molecule has 1 N–H and O–H groups in total. The molecule has 0 saturated carbocycles. The zero-order chi connectivity index (χ0) is 11.3. The van der Waals surface area contributed by atoms with E-state index < -0.39 is 5.97 Å². The number of methoxy groups -OCH3 is 1. The second-order valence-electron chi connectivity index (χ2n) is 2.73. The van der Waals surface area contributed by atoms with Crippen LogP contribution in [0.15, 0.2) is 24.3 Å². The first-order valence-electron chi connectivity index (χ1n) is 4.16. The van der Waals surface area contributed by atoms with Crippen LogP contribution in [0.25, 0.3) is 6.08 Å². The molecule has 0 aliphatic rings. The number of aromatic carboxylic acids is 1. The zero-order valence-corrected chi connectivity index (χ0v) is 8.10. The quantitative estimate of drug-likeness (QED) is 0.762. The molecule has 0 saturated heterocycles.